The molecule has 1 aliphatic rings. The van der Waals surface area contributed by atoms with Gasteiger partial charge in [0.05, 0.1) is 0 Å². The topological polar surface area (TPSA) is 26.0 Å². The van der Waals surface area contributed by atoms with Crippen LogP contribution in [0.2, 0.25) is 0 Å². The number of hydrogen-bond donors (Lipinski definition) is 1. The molecule has 1 rings (SSSR count). The van der Waals surface area contributed by atoms with Crippen LogP contribution in [0.5, 0.6) is 0 Å². The maximum absolute atomic E-state index is 5.52. The molecule has 60 valence electrons. The average molecular weight is 162 g/mol. The number of nitrogens with two attached hydrogens (primary N) is 1. The van der Waals surface area contributed by atoms with Crippen molar-refractivity contribution in [2.75, 3.05) is 6.54 Å². The second-order valence-electron chi connectivity index (χ2n) is 2.95. The lowest BCUT2D eigenvalue weighted by atomic mass is 9.86. The van der Waals surface area contributed by atoms with Crippen LogP contribution in [0.4, 0.5) is 0 Å². The Kier molecular flexibility index (Phi) is 4.75. The Bertz CT molecular complexity index is 112. The highest BCUT2D eigenvalue weighted by Gasteiger charge is 2.13. The van der Waals surface area contributed by atoms with Gasteiger partial charge in [0, 0.05) is 0 Å². The molecule has 1 nitrogen and oxygen atoms in total. The predicted molar refractivity (Wildman–Crippen MR) is 47.4 cm³/mol. The Balaban J connectivity index is 0.000000810. The molecule has 1 aliphatic carbocycles. The summed E-state index contributed by atoms with van der Waals surface area (Å²) >= 11 is 0. The molecule has 0 aromatic heterocycles. The van der Waals surface area contributed by atoms with Crippen LogP contribution in [-0.2, 0) is 0 Å². The molecule has 10 heavy (non-hydrogen) atoms. The van der Waals surface area contributed by atoms with Gasteiger partial charge in [0.25, 0.3) is 0 Å². The zero-order valence-corrected chi connectivity index (χ0v) is 7.12. The second kappa shape index (κ2) is 4.75. The molecule has 2 heteroatoms. The highest BCUT2D eigenvalue weighted by atomic mass is 35.5. The van der Waals surface area contributed by atoms with Gasteiger partial charge in [0.1, 0.15) is 0 Å². The Labute approximate surface area is 69.1 Å². The van der Waals surface area contributed by atoms with Crippen LogP contribution in [-0.4, -0.2) is 6.54 Å². The van der Waals surface area contributed by atoms with Gasteiger partial charge in [0.2, 0.25) is 0 Å². The molecule has 1 unspecified atom stereocenters. The van der Waals surface area contributed by atoms with Gasteiger partial charge in [-0.2, -0.15) is 0 Å². The summed E-state index contributed by atoms with van der Waals surface area (Å²) < 4.78 is 0. The van der Waals surface area contributed by atoms with E-state index in [9.17, 15) is 0 Å². The Morgan fingerprint density at radius 3 is 2.70 bits per heavy atom. The highest BCUT2D eigenvalue weighted by molar-refractivity contribution is 5.85. The van der Waals surface area contributed by atoms with Crippen LogP contribution in [0.25, 0.3) is 0 Å². The molecule has 0 aromatic rings. The van der Waals surface area contributed by atoms with Gasteiger partial charge in [-0.15, -0.1) is 12.4 Å². The zero-order chi connectivity index (χ0) is 6.69. The van der Waals surface area contributed by atoms with Crippen LogP contribution in [0.3, 0.4) is 0 Å². The quantitative estimate of drug-likeness (QED) is 0.586. The summed E-state index contributed by atoms with van der Waals surface area (Å²) in [6, 6.07) is 0. The van der Waals surface area contributed by atoms with Gasteiger partial charge in [-0.25, -0.2) is 0 Å². The second-order valence-corrected chi connectivity index (χ2v) is 2.95. The standard InChI is InChI=1S/C8H15N.ClH/c1-7-3-2-4-8(5-7)6-9;/h8H,1-6,9H2;1H. The van der Waals surface area contributed by atoms with E-state index < -0.39 is 0 Å². The fraction of sp³-hybridized carbons (Fsp3) is 0.750. The van der Waals surface area contributed by atoms with E-state index in [2.05, 4.69) is 6.58 Å². The Hall–Kier alpha value is -0.0100. The first kappa shape index (κ1) is 9.99. The normalized spacial score (nSPS) is 25.7. The monoisotopic (exact) mass is 161 g/mol. The van der Waals surface area contributed by atoms with E-state index in [1.807, 2.05) is 0 Å². The summed E-state index contributed by atoms with van der Waals surface area (Å²) in [4.78, 5) is 0. The molecule has 2 N–H and O–H groups in total. The smallest absolute Gasteiger partial charge is 0.00458 e. The summed E-state index contributed by atoms with van der Waals surface area (Å²) in [5.74, 6) is 0.742. The third-order valence-corrected chi connectivity index (χ3v) is 2.05. The van der Waals surface area contributed by atoms with Crippen LogP contribution in [0.1, 0.15) is 25.7 Å². The summed E-state index contributed by atoms with van der Waals surface area (Å²) in [6.45, 7) is 4.80. The maximum atomic E-state index is 5.52. The molecule has 1 atom stereocenters. The molecule has 0 spiro atoms. The summed E-state index contributed by atoms with van der Waals surface area (Å²) in [6.07, 6.45) is 5.03. The molecular weight excluding hydrogens is 146 g/mol. The van der Waals surface area contributed by atoms with Crippen molar-refractivity contribution >= 4 is 12.4 Å². The predicted octanol–water partition coefficient (Wildman–Crippen LogP) is 2.11. The zero-order valence-electron chi connectivity index (χ0n) is 6.31. The van der Waals surface area contributed by atoms with Gasteiger partial charge in [-0.05, 0) is 38.1 Å². The highest BCUT2D eigenvalue weighted by Crippen LogP contribution is 2.25. The minimum atomic E-state index is 0. The summed E-state index contributed by atoms with van der Waals surface area (Å²) in [5.41, 5.74) is 6.92. The van der Waals surface area contributed by atoms with Crippen molar-refractivity contribution in [3.05, 3.63) is 12.2 Å². The summed E-state index contributed by atoms with van der Waals surface area (Å²) in [5, 5.41) is 0. The molecule has 0 amide bonds. The molecule has 0 heterocycles. The number of hydrogen-bond acceptors (Lipinski definition) is 1. The Morgan fingerprint density at radius 2 is 2.30 bits per heavy atom. The van der Waals surface area contributed by atoms with Crippen LogP contribution in [0.15, 0.2) is 12.2 Å². The van der Waals surface area contributed by atoms with Gasteiger partial charge in [-0.3, -0.25) is 0 Å². The Morgan fingerprint density at radius 1 is 1.60 bits per heavy atom. The number of halogens is 1. The van der Waals surface area contributed by atoms with Crippen LogP contribution >= 0.6 is 12.4 Å². The van der Waals surface area contributed by atoms with Crippen molar-refractivity contribution in [3.8, 4) is 0 Å². The lowest BCUT2D eigenvalue weighted by Gasteiger charge is -2.21. The molecule has 0 saturated heterocycles. The van der Waals surface area contributed by atoms with E-state index in [1.165, 1.54) is 31.3 Å². The van der Waals surface area contributed by atoms with Gasteiger partial charge in [0.15, 0.2) is 0 Å². The molecule has 1 fully saturated rings. The number of rotatable bonds is 1. The molecule has 0 bridgehead atoms. The van der Waals surface area contributed by atoms with Crippen molar-refractivity contribution in [3.63, 3.8) is 0 Å². The summed E-state index contributed by atoms with van der Waals surface area (Å²) in [7, 11) is 0. The van der Waals surface area contributed by atoms with Crippen molar-refractivity contribution in [1.82, 2.24) is 0 Å². The van der Waals surface area contributed by atoms with Crippen molar-refractivity contribution in [1.29, 1.82) is 0 Å². The third kappa shape index (κ3) is 2.72. The number of allylic oxidation sites excluding steroid dienone is 1. The van der Waals surface area contributed by atoms with E-state index in [0.29, 0.717) is 0 Å². The van der Waals surface area contributed by atoms with E-state index >= 15 is 0 Å². The van der Waals surface area contributed by atoms with Gasteiger partial charge >= 0.3 is 0 Å². The van der Waals surface area contributed by atoms with Crippen molar-refractivity contribution < 1.29 is 0 Å². The molecule has 0 aliphatic heterocycles. The molecular formula is C8H16ClN. The third-order valence-electron chi connectivity index (χ3n) is 2.05. The van der Waals surface area contributed by atoms with Gasteiger partial charge < -0.3 is 5.73 Å². The van der Waals surface area contributed by atoms with Crippen molar-refractivity contribution in [2.45, 2.75) is 25.7 Å². The minimum absolute atomic E-state index is 0. The lowest BCUT2D eigenvalue weighted by Crippen LogP contribution is -2.17. The largest absolute Gasteiger partial charge is 0.330 e. The SMILES string of the molecule is C=C1CCCC(CN)C1.Cl. The molecule has 0 aromatic carbocycles. The van der Waals surface area contributed by atoms with Crippen LogP contribution in [0, 0.1) is 5.92 Å². The fourth-order valence-electron chi connectivity index (χ4n) is 1.45. The molecule has 0 radical (unpaired) electrons. The first-order valence-electron chi connectivity index (χ1n) is 3.69. The van der Waals surface area contributed by atoms with E-state index in [0.717, 1.165) is 12.5 Å². The average Bonchev–Trinajstić information content (AvgIpc) is 1.88. The van der Waals surface area contributed by atoms with E-state index in [-0.39, 0.29) is 12.4 Å². The minimum Gasteiger partial charge on any atom is -0.330 e. The van der Waals surface area contributed by atoms with Gasteiger partial charge in [-0.1, -0.05) is 12.2 Å². The first-order chi connectivity index (χ1) is 4.33. The van der Waals surface area contributed by atoms with Crippen molar-refractivity contribution in [2.24, 2.45) is 11.7 Å². The lowest BCUT2D eigenvalue weighted by molar-refractivity contribution is 0.428. The van der Waals surface area contributed by atoms with E-state index in [4.69, 9.17) is 5.73 Å². The van der Waals surface area contributed by atoms with Crippen LogP contribution < -0.4 is 5.73 Å². The maximum Gasteiger partial charge on any atom is -0.00458 e. The van der Waals surface area contributed by atoms with E-state index in [1.54, 1.807) is 0 Å². The first-order valence-corrected chi connectivity index (χ1v) is 3.69. The fourth-order valence-corrected chi connectivity index (χ4v) is 1.45. The molecule has 1 saturated carbocycles.